The van der Waals surface area contributed by atoms with Crippen LogP contribution >= 0.6 is 11.6 Å². The number of halogens is 1. The molecule has 0 unspecified atom stereocenters. The van der Waals surface area contributed by atoms with Crippen LogP contribution in [0.4, 0.5) is 17.1 Å². The zero-order valence-corrected chi connectivity index (χ0v) is 8.72. The van der Waals surface area contributed by atoms with Gasteiger partial charge in [0, 0.05) is 6.07 Å². The molecule has 1 aromatic rings. The second-order valence-electron chi connectivity index (χ2n) is 2.69. The number of nitro groups is 2. The maximum atomic E-state index is 10.7. The molecule has 0 saturated carbocycles. The lowest BCUT2D eigenvalue weighted by atomic mass is 10.2. The highest BCUT2D eigenvalue weighted by atomic mass is 35.5. The molecule has 0 amide bonds. The van der Waals surface area contributed by atoms with Crippen molar-refractivity contribution in [2.75, 3.05) is 12.8 Å². The van der Waals surface area contributed by atoms with E-state index in [0.29, 0.717) is 0 Å². The fraction of sp³-hybridized carbons (Fsp3) is 0.143. The minimum Gasteiger partial charge on any atom is -0.490 e. The number of nitrogens with zero attached hydrogens (tertiary/aromatic N) is 2. The third-order valence-corrected chi connectivity index (χ3v) is 2.15. The van der Waals surface area contributed by atoms with E-state index >= 15 is 0 Å². The molecule has 1 rings (SSSR count). The smallest absolute Gasteiger partial charge is 0.336 e. The Balaban J connectivity index is 3.65. The summed E-state index contributed by atoms with van der Waals surface area (Å²) in [5, 5.41) is 20.6. The van der Waals surface area contributed by atoms with Gasteiger partial charge in [0.15, 0.2) is 0 Å². The number of nitrogen functional groups attached to an aromatic ring is 1. The topological polar surface area (TPSA) is 122 Å². The zero-order valence-electron chi connectivity index (χ0n) is 7.97. The van der Waals surface area contributed by atoms with E-state index in [2.05, 4.69) is 4.74 Å². The third kappa shape index (κ3) is 1.82. The van der Waals surface area contributed by atoms with Gasteiger partial charge >= 0.3 is 11.4 Å². The second-order valence-corrected chi connectivity index (χ2v) is 3.07. The predicted molar refractivity (Wildman–Crippen MR) is 55.7 cm³/mol. The van der Waals surface area contributed by atoms with Crippen molar-refractivity contribution in [3.63, 3.8) is 0 Å². The SMILES string of the molecule is COc1cc(N)c([N+](=O)[O-])c(Cl)c1[N+](=O)[O-]. The Kier molecular flexibility index (Phi) is 3.14. The molecule has 0 aliphatic heterocycles. The lowest BCUT2D eigenvalue weighted by molar-refractivity contribution is -0.393. The number of nitro benzene ring substituents is 2. The molecule has 0 bridgehead atoms. The van der Waals surface area contributed by atoms with E-state index in [9.17, 15) is 20.2 Å². The molecule has 0 aromatic heterocycles. The Hall–Kier alpha value is -2.09. The fourth-order valence-corrected chi connectivity index (χ4v) is 1.48. The van der Waals surface area contributed by atoms with Crippen LogP contribution in [0.1, 0.15) is 0 Å². The average Bonchev–Trinajstić information content (AvgIpc) is 2.14. The molecule has 0 aliphatic rings. The summed E-state index contributed by atoms with van der Waals surface area (Å²) in [4.78, 5) is 19.5. The van der Waals surface area contributed by atoms with Gasteiger partial charge in [-0.1, -0.05) is 11.6 Å². The monoisotopic (exact) mass is 247 g/mol. The van der Waals surface area contributed by atoms with Crippen molar-refractivity contribution < 1.29 is 14.6 Å². The Morgan fingerprint density at radius 1 is 1.31 bits per heavy atom. The van der Waals surface area contributed by atoms with E-state index in [0.717, 1.165) is 6.07 Å². The molecular formula is C7H6ClN3O5. The largest absolute Gasteiger partial charge is 0.490 e. The zero-order chi connectivity index (χ0) is 12.5. The number of nitrogens with two attached hydrogens (primary N) is 1. The van der Waals surface area contributed by atoms with Crippen molar-refractivity contribution in [1.29, 1.82) is 0 Å². The van der Waals surface area contributed by atoms with E-state index in [-0.39, 0.29) is 11.4 Å². The number of ether oxygens (including phenoxy) is 1. The summed E-state index contributed by atoms with van der Waals surface area (Å²) in [6, 6.07) is 0.988. The van der Waals surface area contributed by atoms with Crippen molar-refractivity contribution in [2.45, 2.75) is 0 Å². The molecule has 9 heteroatoms. The van der Waals surface area contributed by atoms with Crippen LogP contribution in [0.3, 0.4) is 0 Å². The first-order valence-corrected chi connectivity index (χ1v) is 4.22. The standard InChI is InChI=1S/C7H6ClN3O5/c1-16-4-2-3(9)6(10(12)13)5(8)7(4)11(14)15/h2H,9H2,1H3. The van der Waals surface area contributed by atoms with Gasteiger partial charge in [-0.25, -0.2) is 0 Å². The minimum atomic E-state index is -0.885. The first-order valence-electron chi connectivity index (χ1n) is 3.84. The number of hydrogen-bond acceptors (Lipinski definition) is 6. The summed E-state index contributed by atoms with van der Waals surface area (Å²) >= 11 is 5.54. The number of rotatable bonds is 3. The lowest BCUT2D eigenvalue weighted by Crippen LogP contribution is -2.02. The summed E-state index contributed by atoms with van der Waals surface area (Å²) in [6.45, 7) is 0. The van der Waals surface area contributed by atoms with Gasteiger partial charge < -0.3 is 10.5 Å². The molecular weight excluding hydrogens is 242 g/mol. The summed E-state index contributed by atoms with van der Waals surface area (Å²) in [5.74, 6) is -0.224. The van der Waals surface area contributed by atoms with Gasteiger partial charge in [0.05, 0.1) is 17.0 Å². The van der Waals surface area contributed by atoms with Gasteiger partial charge in [0.1, 0.15) is 5.69 Å². The van der Waals surface area contributed by atoms with E-state index in [1.54, 1.807) is 0 Å². The highest BCUT2D eigenvalue weighted by Crippen LogP contribution is 2.44. The normalized spacial score (nSPS) is 9.88. The van der Waals surface area contributed by atoms with Crippen molar-refractivity contribution >= 4 is 28.7 Å². The molecule has 0 aliphatic carbocycles. The van der Waals surface area contributed by atoms with Crippen LogP contribution < -0.4 is 10.5 Å². The highest BCUT2D eigenvalue weighted by molar-refractivity contribution is 6.35. The van der Waals surface area contributed by atoms with Crippen molar-refractivity contribution in [2.24, 2.45) is 0 Å². The molecule has 0 radical (unpaired) electrons. The van der Waals surface area contributed by atoms with Crippen LogP contribution in [0.2, 0.25) is 5.02 Å². The minimum absolute atomic E-state index is 0.224. The first kappa shape index (κ1) is 12.0. The number of methoxy groups -OCH3 is 1. The summed E-state index contributed by atoms with van der Waals surface area (Å²) in [5.41, 5.74) is 3.67. The fourth-order valence-electron chi connectivity index (χ4n) is 1.14. The van der Waals surface area contributed by atoms with Crippen LogP contribution in [0, 0.1) is 20.2 Å². The quantitative estimate of drug-likeness (QED) is 0.493. The van der Waals surface area contributed by atoms with Crippen LogP contribution in [0.25, 0.3) is 0 Å². The maximum absolute atomic E-state index is 10.7. The molecule has 0 atom stereocenters. The Morgan fingerprint density at radius 3 is 2.19 bits per heavy atom. The lowest BCUT2D eigenvalue weighted by Gasteiger charge is -2.05. The average molecular weight is 248 g/mol. The molecule has 0 saturated heterocycles. The van der Waals surface area contributed by atoms with Gasteiger partial charge in [-0.2, -0.15) is 0 Å². The van der Waals surface area contributed by atoms with E-state index in [1.807, 2.05) is 0 Å². The van der Waals surface area contributed by atoms with E-state index < -0.39 is 26.2 Å². The Morgan fingerprint density at radius 2 is 1.81 bits per heavy atom. The van der Waals surface area contributed by atoms with E-state index in [4.69, 9.17) is 17.3 Å². The molecule has 0 heterocycles. The van der Waals surface area contributed by atoms with Gasteiger partial charge in [0.25, 0.3) is 0 Å². The highest BCUT2D eigenvalue weighted by Gasteiger charge is 2.31. The summed E-state index contributed by atoms with van der Waals surface area (Å²) in [7, 11) is 1.17. The molecule has 0 spiro atoms. The number of anilines is 1. The molecule has 0 fully saturated rings. The van der Waals surface area contributed by atoms with Gasteiger partial charge in [-0.05, 0) is 0 Å². The van der Waals surface area contributed by atoms with Crippen LogP contribution in [0.15, 0.2) is 6.07 Å². The van der Waals surface area contributed by atoms with Crippen molar-refractivity contribution in [3.05, 3.63) is 31.3 Å². The second kappa shape index (κ2) is 4.19. The van der Waals surface area contributed by atoms with Gasteiger partial charge in [-0.15, -0.1) is 0 Å². The molecule has 16 heavy (non-hydrogen) atoms. The van der Waals surface area contributed by atoms with Crippen LogP contribution in [0.5, 0.6) is 5.75 Å². The predicted octanol–water partition coefficient (Wildman–Crippen LogP) is 1.75. The molecule has 86 valence electrons. The molecule has 1 aromatic carbocycles. The third-order valence-electron chi connectivity index (χ3n) is 1.79. The summed E-state index contributed by atoms with van der Waals surface area (Å²) < 4.78 is 4.67. The van der Waals surface area contributed by atoms with E-state index in [1.165, 1.54) is 7.11 Å². The number of benzene rings is 1. The molecule has 2 N–H and O–H groups in total. The van der Waals surface area contributed by atoms with Gasteiger partial charge in [-0.3, -0.25) is 20.2 Å². The Bertz CT molecular complexity index is 476. The van der Waals surface area contributed by atoms with Crippen LogP contribution in [-0.4, -0.2) is 17.0 Å². The number of hydrogen-bond donors (Lipinski definition) is 1. The Labute approximate surface area is 93.9 Å². The van der Waals surface area contributed by atoms with Crippen LogP contribution in [-0.2, 0) is 0 Å². The van der Waals surface area contributed by atoms with Crippen molar-refractivity contribution in [3.8, 4) is 5.75 Å². The van der Waals surface area contributed by atoms with Crippen molar-refractivity contribution in [1.82, 2.24) is 0 Å². The maximum Gasteiger partial charge on any atom is 0.336 e. The van der Waals surface area contributed by atoms with Gasteiger partial charge in [0.2, 0.25) is 10.8 Å². The molecule has 8 nitrogen and oxygen atoms in total. The summed E-state index contributed by atoms with van der Waals surface area (Å²) in [6.07, 6.45) is 0. The first-order chi connectivity index (χ1) is 7.40.